The maximum Gasteiger partial charge on any atom is 0.0205 e. The van der Waals surface area contributed by atoms with Crippen LogP contribution in [0.15, 0.2) is 24.3 Å². The van der Waals surface area contributed by atoms with Crippen LogP contribution in [0.5, 0.6) is 0 Å². The van der Waals surface area contributed by atoms with E-state index in [9.17, 15) is 0 Å². The highest BCUT2D eigenvalue weighted by Crippen LogP contribution is 2.06. The fourth-order valence-corrected chi connectivity index (χ4v) is 2.18. The molecule has 84 valence electrons. The van der Waals surface area contributed by atoms with Gasteiger partial charge in [0.15, 0.2) is 0 Å². The molecule has 1 N–H and O–H groups in total. The average Bonchev–Trinajstić information content (AvgIpc) is 2.26. The first kappa shape index (κ1) is 13.3. The fourth-order valence-electron chi connectivity index (χ4n) is 1.33. The Bertz CT molecular complexity index is 261. The molecule has 1 rings (SSSR count). The van der Waals surface area contributed by atoms with Crippen LogP contribution in [-0.2, 0) is 6.54 Å². The molecule has 0 aliphatic carbocycles. The van der Waals surface area contributed by atoms with Crippen LogP contribution in [0.4, 0.5) is 0 Å². The Balaban J connectivity index is 2.07. The van der Waals surface area contributed by atoms with Gasteiger partial charge in [-0.1, -0.05) is 12.1 Å². The lowest BCUT2D eigenvalue weighted by Crippen LogP contribution is -2.14. The van der Waals surface area contributed by atoms with Gasteiger partial charge in [-0.25, -0.2) is 0 Å². The van der Waals surface area contributed by atoms with Crippen molar-refractivity contribution in [1.29, 1.82) is 0 Å². The quantitative estimate of drug-likeness (QED) is 0.604. The molecule has 0 fully saturated rings. The molecule has 1 aromatic rings. The molecule has 3 heteroatoms. The van der Waals surface area contributed by atoms with E-state index in [1.54, 1.807) is 0 Å². The highest BCUT2D eigenvalue weighted by atomic mass is 127. The summed E-state index contributed by atoms with van der Waals surface area (Å²) in [4.78, 5) is 0. The Morgan fingerprint density at radius 3 is 2.60 bits per heavy atom. The van der Waals surface area contributed by atoms with E-state index in [4.69, 9.17) is 0 Å². The van der Waals surface area contributed by atoms with E-state index in [0.29, 0.717) is 0 Å². The summed E-state index contributed by atoms with van der Waals surface area (Å²) < 4.78 is 1.30. The Labute approximate surface area is 111 Å². The molecular weight excluding hydrogens is 317 g/mol. The van der Waals surface area contributed by atoms with Crippen LogP contribution in [0.25, 0.3) is 0 Å². The van der Waals surface area contributed by atoms with E-state index in [1.165, 1.54) is 27.7 Å². The van der Waals surface area contributed by atoms with Crippen molar-refractivity contribution in [3.05, 3.63) is 33.4 Å². The minimum absolute atomic E-state index is 0.996. The summed E-state index contributed by atoms with van der Waals surface area (Å²) in [6.07, 6.45) is 4.77. The molecule has 0 aliphatic rings. The number of hydrogen-bond donors (Lipinski definition) is 1. The zero-order valence-corrected chi connectivity index (χ0v) is 12.1. The van der Waals surface area contributed by atoms with Gasteiger partial charge >= 0.3 is 0 Å². The smallest absolute Gasteiger partial charge is 0.0205 e. The molecule has 1 nitrogen and oxygen atoms in total. The second-order valence-corrected chi connectivity index (χ2v) is 5.73. The Hall–Kier alpha value is 0.260. The monoisotopic (exact) mass is 335 g/mol. The lowest BCUT2D eigenvalue weighted by atomic mass is 10.2. The van der Waals surface area contributed by atoms with Crippen molar-refractivity contribution in [2.24, 2.45) is 0 Å². The molecule has 1 aromatic carbocycles. The molecule has 0 bridgehead atoms. The highest BCUT2D eigenvalue weighted by Gasteiger charge is 1.92. The summed E-state index contributed by atoms with van der Waals surface area (Å²) in [5.41, 5.74) is 1.38. The van der Waals surface area contributed by atoms with Gasteiger partial charge in [-0.2, -0.15) is 11.8 Å². The molecule has 0 saturated heterocycles. The first-order valence-electron chi connectivity index (χ1n) is 5.27. The van der Waals surface area contributed by atoms with Gasteiger partial charge in [-0.15, -0.1) is 0 Å². The van der Waals surface area contributed by atoms with E-state index >= 15 is 0 Å². The van der Waals surface area contributed by atoms with Crippen molar-refractivity contribution in [3.8, 4) is 0 Å². The topological polar surface area (TPSA) is 12.0 Å². The Morgan fingerprint density at radius 2 is 1.93 bits per heavy atom. The molecule has 0 aliphatic heterocycles. The average molecular weight is 335 g/mol. The molecular formula is C12H18INS. The van der Waals surface area contributed by atoms with Crippen LogP contribution < -0.4 is 5.32 Å². The normalized spacial score (nSPS) is 10.5. The van der Waals surface area contributed by atoms with Crippen molar-refractivity contribution >= 4 is 34.4 Å². The molecule has 0 heterocycles. The lowest BCUT2D eigenvalue weighted by Gasteiger charge is -2.04. The second kappa shape index (κ2) is 8.42. The van der Waals surface area contributed by atoms with Crippen LogP contribution >= 0.6 is 34.4 Å². The van der Waals surface area contributed by atoms with Gasteiger partial charge in [-0.3, -0.25) is 0 Å². The van der Waals surface area contributed by atoms with Crippen molar-refractivity contribution in [3.63, 3.8) is 0 Å². The summed E-state index contributed by atoms with van der Waals surface area (Å²) in [6.45, 7) is 2.13. The minimum Gasteiger partial charge on any atom is -0.313 e. The SMILES string of the molecule is CSCCCCNCc1ccc(I)cc1. The lowest BCUT2D eigenvalue weighted by molar-refractivity contribution is 0.644. The third kappa shape index (κ3) is 6.43. The molecule has 0 saturated carbocycles. The zero-order valence-electron chi connectivity index (χ0n) is 9.13. The van der Waals surface area contributed by atoms with Gasteiger partial charge in [-0.05, 0) is 71.7 Å². The maximum atomic E-state index is 3.47. The summed E-state index contributed by atoms with van der Waals surface area (Å²) in [6, 6.07) is 8.70. The summed E-state index contributed by atoms with van der Waals surface area (Å²) in [5, 5.41) is 3.47. The van der Waals surface area contributed by atoms with Crippen LogP contribution in [0.1, 0.15) is 18.4 Å². The first-order chi connectivity index (χ1) is 7.33. The fraction of sp³-hybridized carbons (Fsp3) is 0.500. The largest absolute Gasteiger partial charge is 0.313 e. The number of benzene rings is 1. The van der Waals surface area contributed by atoms with Crippen molar-refractivity contribution in [2.75, 3.05) is 18.6 Å². The molecule has 15 heavy (non-hydrogen) atoms. The number of thioether (sulfide) groups is 1. The third-order valence-corrected chi connectivity index (χ3v) is 3.61. The maximum absolute atomic E-state index is 3.47. The predicted octanol–water partition coefficient (Wildman–Crippen LogP) is 3.52. The number of halogens is 1. The number of nitrogens with one attached hydrogen (secondary N) is 1. The van der Waals surface area contributed by atoms with Gasteiger partial charge in [0, 0.05) is 10.1 Å². The van der Waals surface area contributed by atoms with Crippen molar-refractivity contribution < 1.29 is 0 Å². The molecule has 0 spiro atoms. The summed E-state index contributed by atoms with van der Waals surface area (Å²) in [5.74, 6) is 1.28. The molecule has 0 amide bonds. The van der Waals surface area contributed by atoms with E-state index in [2.05, 4.69) is 58.4 Å². The number of hydrogen-bond acceptors (Lipinski definition) is 2. The van der Waals surface area contributed by atoms with Crippen LogP contribution in [0.3, 0.4) is 0 Å². The minimum atomic E-state index is 0.996. The molecule has 0 radical (unpaired) electrons. The number of unbranched alkanes of at least 4 members (excludes halogenated alkanes) is 1. The van der Waals surface area contributed by atoms with E-state index < -0.39 is 0 Å². The van der Waals surface area contributed by atoms with Crippen LogP contribution in [-0.4, -0.2) is 18.6 Å². The molecule has 0 atom stereocenters. The van der Waals surface area contributed by atoms with Gasteiger partial charge in [0.2, 0.25) is 0 Å². The van der Waals surface area contributed by atoms with Crippen molar-refractivity contribution in [2.45, 2.75) is 19.4 Å². The van der Waals surface area contributed by atoms with Crippen LogP contribution in [0, 0.1) is 3.57 Å². The zero-order chi connectivity index (χ0) is 10.9. The van der Waals surface area contributed by atoms with Gasteiger partial charge < -0.3 is 5.32 Å². The highest BCUT2D eigenvalue weighted by molar-refractivity contribution is 14.1. The first-order valence-corrected chi connectivity index (χ1v) is 7.74. The molecule has 0 unspecified atom stereocenters. The Morgan fingerprint density at radius 1 is 1.20 bits per heavy atom. The van der Waals surface area contributed by atoms with Gasteiger partial charge in [0.1, 0.15) is 0 Å². The molecule has 0 aromatic heterocycles. The number of rotatable bonds is 7. The predicted molar refractivity (Wildman–Crippen MR) is 78.5 cm³/mol. The second-order valence-electron chi connectivity index (χ2n) is 3.50. The third-order valence-electron chi connectivity index (χ3n) is 2.19. The van der Waals surface area contributed by atoms with Gasteiger partial charge in [0.05, 0.1) is 0 Å². The van der Waals surface area contributed by atoms with Gasteiger partial charge in [0.25, 0.3) is 0 Å². The van der Waals surface area contributed by atoms with E-state index in [-0.39, 0.29) is 0 Å². The summed E-state index contributed by atoms with van der Waals surface area (Å²) in [7, 11) is 0. The van der Waals surface area contributed by atoms with E-state index in [0.717, 1.165) is 13.1 Å². The standard InChI is InChI=1S/C12H18INS/c1-15-9-3-2-8-14-10-11-4-6-12(13)7-5-11/h4-7,14H,2-3,8-10H2,1H3. The van der Waals surface area contributed by atoms with Crippen LogP contribution in [0.2, 0.25) is 0 Å². The Kier molecular flexibility index (Phi) is 7.48. The van der Waals surface area contributed by atoms with E-state index in [1.807, 2.05) is 11.8 Å². The summed E-state index contributed by atoms with van der Waals surface area (Å²) >= 11 is 4.26. The van der Waals surface area contributed by atoms with Crippen molar-refractivity contribution in [1.82, 2.24) is 5.32 Å².